The maximum atomic E-state index is 11.9. The van der Waals surface area contributed by atoms with E-state index in [4.69, 9.17) is 5.73 Å². The van der Waals surface area contributed by atoms with Crippen molar-refractivity contribution in [2.75, 3.05) is 0 Å². The van der Waals surface area contributed by atoms with Crippen LogP contribution in [-0.2, 0) is 7.05 Å². The van der Waals surface area contributed by atoms with Gasteiger partial charge in [-0.2, -0.15) is 5.10 Å². The molecule has 1 aliphatic carbocycles. The molecule has 2 rings (SSSR count). The van der Waals surface area contributed by atoms with E-state index in [1.54, 1.807) is 7.05 Å². The zero-order valence-electron chi connectivity index (χ0n) is 9.59. The fourth-order valence-electron chi connectivity index (χ4n) is 2.29. The Morgan fingerprint density at radius 1 is 1.50 bits per heavy atom. The molecule has 5 nitrogen and oxygen atoms in total. The highest BCUT2D eigenvalue weighted by atomic mass is 16.1. The number of nitrogens with two attached hydrogens (primary N) is 1. The predicted molar refractivity (Wildman–Crippen MR) is 59.9 cm³/mol. The highest BCUT2D eigenvalue weighted by molar-refractivity contribution is 5.92. The fourth-order valence-corrected chi connectivity index (χ4v) is 2.29. The second-order valence-corrected chi connectivity index (χ2v) is 4.62. The molecule has 0 aliphatic heterocycles. The van der Waals surface area contributed by atoms with Crippen LogP contribution in [0.5, 0.6) is 0 Å². The Kier molecular flexibility index (Phi) is 3.33. The molecule has 16 heavy (non-hydrogen) atoms. The molecule has 1 aromatic heterocycles. The summed E-state index contributed by atoms with van der Waals surface area (Å²) in [6.07, 6.45) is 6.20. The smallest absolute Gasteiger partial charge is 0.200 e. The summed E-state index contributed by atoms with van der Waals surface area (Å²) in [4.78, 5) is 15.9. The van der Waals surface area contributed by atoms with E-state index in [1.807, 2.05) is 0 Å². The van der Waals surface area contributed by atoms with Crippen LogP contribution in [0.25, 0.3) is 0 Å². The van der Waals surface area contributed by atoms with Crippen molar-refractivity contribution in [3.8, 4) is 0 Å². The van der Waals surface area contributed by atoms with E-state index >= 15 is 0 Å². The standard InChI is InChI=1S/C11H18N4O/c1-15-11(13-7-14-15)10(16)6-8-2-4-9(12)5-3-8/h7-9H,2-6,12H2,1H3. The molecular formula is C11H18N4O. The third-order valence-electron chi connectivity index (χ3n) is 3.33. The van der Waals surface area contributed by atoms with Gasteiger partial charge in [0.15, 0.2) is 11.6 Å². The molecule has 1 saturated carbocycles. The number of aryl methyl sites for hydroxylation is 1. The molecule has 5 heteroatoms. The van der Waals surface area contributed by atoms with Crippen LogP contribution in [0.2, 0.25) is 0 Å². The highest BCUT2D eigenvalue weighted by Crippen LogP contribution is 2.26. The van der Waals surface area contributed by atoms with Gasteiger partial charge in [-0.25, -0.2) is 9.67 Å². The van der Waals surface area contributed by atoms with Gasteiger partial charge in [0.1, 0.15) is 6.33 Å². The van der Waals surface area contributed by atoms with E-state index in [2.05, 4.69) is 10.1 Å². The Balaban J connectivity index is 1.91. The predicted octanol–water partition coefficient (Wildman–Crippen LogP) is 0.905. The van der Waals surface area contributed by atoms with Gasteiger partial charge in [-0.15, -0.1) is 0 Å². The van der Waals surface area contributed by atoms with Crippen molar-refractivity contribution < 1.29 is 4.79 Å². The maximum Gasteiger partial charge on any atom is 0.200 e. The SMILES string of the molecule is Cn1ncnc1C(=O)CC1CCC(N)CC1. The topological polar surface area (TPSA) is 73.8 Å². The number of rotatable bonds is 3. The third kappa shape index (κ3) is 2.47. The van der Waals surface area contributed by atoms with E-state index in [0.717, 1.165) is 25.7 Å². The Hall–Kier alpha value is -1.23. The highest BCUT2D eigenvalue weighted by Gasteiger charge is 2.23. The lowest BCUT2D eigenvalue weighted by Gasteiger charge is -2.25. The Labute approximate surface area is 95.0 Å². The molecule has 1 heterocycles. The van der Waals surface area contributed by atoms with Crippen LogP contribution in [0.1, 0.15) is 42.7 Å². The summed E-state index contributed by atoms with van der Waals surface area (Å²) >= 11 is 0. The first-order chi connectivity index (χ1) is 7.66. The van der Waals surface area contributed by atoms with Crippen molar-refractivity contribution in [3.05, 3.63) is 12.2 Å². The first kappa shape index (κ1) is 11.3. The molecule has 0 radical (unpaired) electrons. The van der Waals surface area contributed by atoms with Gasteiger partial charge in [0.2, 0.25) is 0 Å². The van der Waals surface area contributed by atoms with Crippen LogP contribution in [0.4, 0.5) is 0 Å². The fraction of sp³-hybridized carbons (Fsp3) is 0.727. The quantitative estimate of drug-likeness (QED) is 0.771. The van der Waals surface area contributed by atoms with Gasteiger partial charge in [0, 0.05) is 19.5 Å². The normalized spacial score (nSPS) is 25.6. The Morgan fingerprint density at radius 3 is 2.75 bits per heavy atom. The Morgan fingerprint density at radius 2 is 2.19 bits per heavy atom. The van der Waals surface area contributed by atoms with E-state index in [0.29, 0.717) is 24.2 Å². The number of Topliss-reactive ketones (excluding diaryl/α,β-unsaturated/α-hetero) is 1. The summed E-state index contributed by atoms with van der Waals surface area (Å²) in [5.41, 5.74) is 5.84. The summed E-state index contributed by atoms with van der Waals surface area (Å²) in [5.74, 6) is 1.04. The van der Waals surface area contributed by atoms with Gasteiger partial charge in [-0.05, 0) is 31.6 Å². The van der Waals surface area contributed by atoms with Crippen molar-refractivity contribution in [2.24, 2.45) is 18.7 Å². The number of carbonyl (C=O) groups excluding carboxylic acids is 1. The minimum Gasteiger partial charge on any atom is -0.328 e. The number of nitrogens with zero attached hydrogens (tertiary/aromatic N) is 3. The minimum absolute atomic E-state index is 0.0977. The van der Waals surface area contributed by atoms with Gasteiger partial charge < -0.3 is 5.73 Å². The molecule has 0 amide bonds. The second-order valence-electron chi connectivity index (χ2n) is 4.62. The van der Waals surface area contributed by atoms with E-state index < -0.39 is 0 Å². The minimum atomic E-state index is 0.0977. The lowest BCUT2D eigenvalue weighted by atomic mass is 9.83. The first-order valence-corrected chi connectivity index (χ1v) is 5.79. The van der Waals surface area contributed by atoms with Crippen LogP contribution >= 0.6 is 0 Å². The van der Waals surface area contributed by atoms with Gasteiger partial charge in [0.25, 0.3) is 0 Å². The average Bonchev–Trinajstić information content (AvgIpc) is 2.68. The summed E-state index contributed by atoms with van der Waals surface area (Å²) < 4.78 is 1.54. The van der Waals surface area contributed by atoms with Gasteiger partial charge in [-0.3, -0.25) is 4.79 Å². The van der Waals surface area contributed by atoms with Crippen molar-refractivity contribution >= 4 is 5.78 Å². The summed E-state index contributed by atoms with van der Waals surface area (Å²) in [6.45, 7) is 0. The largest absolute Gasteiger partial charge is 0.328 e. The molecule has 0 atom stereocenters. The molecule has 1 fully saturated rings. The molecule has 0 aromatic carbocycles. The van der Waals surface area contributed by atoms with Crippen molar-refractivity contribution in [1.82, 2.24) is 14.8 Å². The summed E-state index contributed by atoms with van der Waals surface area (Å²) in [7, 11) is 1.75. The third-order valence-corrected chi connectivity index (χ3v) is 3.33. The average molecular weight is 222 g/mol. The molecular weight excluding hydrogens is 204 g/mol. The Bertz CT molecular complexity index is 366. The van der Waals surface area contributed by atoms with Gasteiger partial charge >= 0.3 is 0 Å². The first-order valence-electron chi connectivity index (χ1n) is 5.79. The van der Waals surface area contributed by atoms with Crippen LogP contribution in [-0.4, -0.2) is 26.6 Å². The number of ketones is 1. The molecule has 1 aromatic rings. The van der Waals surface area contributed by atoms with Gasteiger partial charge in [-0.1, -0.05) is 0 Å². The van der Waals surface area contributed by atoms with Crippen molar-refractivity contribution in [2.45, 2.75) is 38.1 Å². The molecule has 2 N–H and O–H groups in total. The molecule has 0 saturated heterocycles. The number of carbonyl (C=O) groups is 1. The number of hydrogen-bond donors (Lipinski definition) is 1. The van der Waals surface area contributed by atoms with E-state index in [1.165, 1.54) is 11.0 Å². The molecule has 1 aliphatic rings. The van der Waals surface area contributed by atoms with Crippen LogP contribution in [0, 0.1) is 5.92 Å². The number of aromatic nitrogens is 3. The lowest BCUT2D eigenvalue weighted by Crippen LogP contribution is -2.27. The molecule has 88 valence electrons. The van der Waals surface area contributed by atoms with Gasteiger partial charge in [0.05, 0.1) is 0 Å². The van der Waals surface area contributed by atoms with E-state index in [-0.39, 0.29) is 5.78 Å². The zero-order chi connectivity index (χ0) is 11.5. The monoisotopic (exact) mass is 222 g/mol. The van der Waals surface area contributed by atoms with E-state index in [9.17, 15) is 4.79 Å². The second kappa shape index (κ2) is 4.74. The summed E-state index contributed by atoms with van der Waals surface area (Å²) in [5, 5.41) is 3.91. The maximum absolute atomic E-state index is 11.9. The molecule has 0 unspecified atom stereocenters. The zero-order valence-corrected chi connectivity index (χ0v) is 9.59. The summed E-state index contributed by atoms with van der Waals surface area (Å²) in [6, 6.07) is 0.334. The molecule has 0 spiro atoms. The van der Waals surface area contributed by atoms with Crippen LogP contribution in [0.15, 0.2) is 6.33 Å². The van der Waals surface area contributed by atoms with Crippen molar-refractivity contribution in [3.63, 3.8) is 0 Å². The van der Waals surface area contributed by atoms with Crippen LogP contribution < -0.4 is 5.73 Å². The van der Waals surface area contributed by atoms with Crippen molar-refractivity contribution in [1.29, 1.82) is 0 Å². The van der Waals surface area contributed by atoms with Crippen LogP contribution in [0.3, 0.4) is 0 Å². The molecule has 0 bridgehead atoms. The number of hydrogen-bond acceptors (Lipinski definition) is 4. The lowest BCUT2D eigenvalue weighted by molar-refractivity contribution is 0.0933.